The van der Waals surface area contributed by atoms with Crippen molar-refractivity contribution in [1.29, 1.82) is 0 Å². The molecule has 0 aliphatic carbocycles. The first-order valence-corrected chi connectivity index (χ1v) is 10.9. The molecule has 0 N–H and O–H groups in total. The number of nitrogens with zero attached hydrogens (tertiary/aromatic N) is 5. The monoisotopic (exact) mass is 443 g/mol. The number of carbonyl (C=O) groups is 2. The maximum atomic E-state index is 13.3. The lowest BCUT2D eigenvalue weighted by Gasteiger charge is -2.46. The van der Waals surface area contributed by atoms with Crippen molar-refractivity contribution in [3.8, 4) is 5.69 Å². The van der Waals surface area contributed by atoms with Crippen LogP contribution in [0, 0.1) is 6.92 Å². The summed E-state index contributed by atoms with van der Waals surface area (Å²) in [5.41, 5.74) is 1.78. The molecule has 8 heteroatoms. The Morgan fingerprint density at radius 3 is 2.42 bits per heavy atom. The van der Waals surface area contributed by atoms with Crippen molar-refractivity contribution >= 4 is 22.8 Å². The number of hydrogen-bond donors (Lipinski definition) is 0. The molecule has 1 aliphatic rings. The number of benzene rings is 2. The molecule has 5 rings (SSSR count). The number of furan rings is 1. The van der Waals surface area contributed by atoms with E-state index in [0.29, 0.717) is 31.0 Å². The van der Waals surface area contributed by atoms with Crippen LogP contribution in [0.15, 0.2) is 65.3 Å². The number of aryl methyl sites for hydroxylation is 1. The van der Waals surface area contributed by atoms with Gasteiger partial charge in [0.05, 0.1) is 11.2 Å². The lowest BCUT2D eigenvalue weighted by molar-refractivity contribution is 0.0149. The predicted octanol–water partition coefficient (Wildman–Crippen LogP) is 3.70. The minimum atomic E-state index is -0.594. The third-order valence-corrected chi connectivity index (χ3v) is 6.18. The fourth-order valence-electron chi connectivity index (χ4n) is 4.41. The molecule has 4 aromatic rings. The van der Waals surface area contributed by atoms with Crippen molar-refractivity contribution in [1.82, 2.24) is 24.6 Å². The molecule has 1 saturated heterocycles. The van der Waals surface area contributed by atoms with Crippen LogP contribution in [-0.4, -0.2) is 61.6 Å². The minimum Gasteiger partial charge on any atom is -0.451 e. The number of para-hydroxylation sites is 2. The zero-order valence-electron chi connectivity index (χ0n) is 18.9. The Bertz CT molecular complexity index is 1340. The molecular formula is C25H25N5O3. The third kappa shape index (κ3) is 3.67. The first-order valence-electron chi connectivity index (χ1n) is 10.9. The SMILES string of the molecule is Cc1c(C(=O)N2CCN(C(=O)c3ncn(-c4ccccc4)n3)C(C)(C)C2)oc2ccccc12. The van der Waals surface area contributed by atoms with Crippen molar-refractivity contribution in [2.24, 2.45) is 0 Å². The molecule has 0 bridgehead atoms. The highest BCUT2D eigenvalue weighted by Crippen LogP contribution is 2.29. The van der Waals surface area contributed by atoms with Gasteiger partial charge in [-0.15, -0.1) is 5.10 Å². The van der Waals surface area contributed by atoms with Crippen molar-refractivity contribution < 1.29 is 14.0 Å². The molecule has 0 unspecified atom stereocenters. The van der Waals surface area contributed by atoms with Gasteiger partial charge >= 0.3 is 0 Å². The number of piperazine rings is 1. The molecule has 1 fully saturated rings. The van der Waals surface area contributed by atoms with Crippen LogP contribution in [0.25, 0.3) is 16.7 Å². The summed E-state index contributed by atoms with van der Waals surface area (Å²) in [6, 6.07) is 17.2. The fraction of sp³-hybridized carbons (Fsp3) is 0.280. The molecular weight excluding hydrogens is 418 g/mol. The summed E-state index contributed by atoms with van der Waals surface area (Å²) in [5.74, 6) is 0.0898. The van der Waals surface area contributed by atoms with E-state index in [1.165, 1.54) is 0 Å². The highest BCUT2D eigenvalue weighted by molar-refractivity contribution is 5.99. The molecule has 2 aromatic heterocycles. The smallest absolute Gasteiger partial charge is 0.294 e. The zero-order chi connectivity index (χ0) is 23.2. The van der Waals surface area contributed by atoms with Crippen LogP contribution in [-0.2, 0) is 0 Å². The number of carbonyl (C=O) groups excluding carboxylic acids is 2. The lowest BCUT2D eigenvalue weighted by atomic mass is 9.98. The van der Waals surface area contributed by atoms with Gasteiger partial charge in [0.25, 0.3) is 11.8 Å². The van der Waals surface area contributed by atoms with Gasteiger partial charge < -0.3 is 14.2 Å². The topological polar surface area (TPSA) is 84.5 Å². The second kappa shape index (κ2) is 7.88. The van der Waals surface area contributed by atoms with Gasteiger partial charge in [-0.3, -0.25) is 9.59 Å². The van der Waals surface area contributed by atoms with Gasteiger partial charge in [0, 0.05) is 30.6 Å². The van der Waals surface area contributed by atoms with E-state index in [0.717, 1.165) is 16.6 Å². The molecule has 2 amide bonds. The average Bonchev–Trinajstić information content (AvgIpc) is 3.44. The Balaban J connectivity index is 1.34. The summed E-state index contributed by atoms with van der Waals surface area (Å²) in [6.45, 7) is 6.97. The van der Waals surface area contributed by atoms with E-state index >= 15 is 0 Å². The Morgan fingerprint density at radius 1 is 0.970 bits per heavy atom. The van der Waals surface area contributed by atoms with Crippen LogP contribution in [0.4, 0.5) is 0 Å². The Hall–Kier alpha value is -3.94. The van der Waals surface area contributed by atoms with Crippen molar-refractivity contribution in [3.05, 3.63) is 78.1 Å². The minimum absolute atomic E-state index is 0.139. The second-order valence-electron chi connectivity index (χ2n) is 8.90. The summed E-state index contributed by atoms with van der Waals surface area (Å²) in [4.78, 5) is 34.3. The number of amides is 2. The highest BCUT2D eigenvalue weighted by Gasteiger charge is 2.40. The normalized spacial score (nSPS) is 15.7. The van der Waals surface area contributed by atoms with Gasteiger partial charge in [0.2, 0.25) is 5.82 Å². The van der Waals surface area contributed by atoms with Crippen LogP contribution in [0.1, 0.15) is 40.6 Å². The standard InChI is InChI=1S/C25H25N5O3/c1-17-19-11-7-8-12-20(19)33-21(17)23(31)28-13-14-29(25(2,3)15-28)24(32)22-26-16-30(27-22)18-9-5-4-6-10-18/h4-12,16H,13-15H2,1-3H3. The van der Waals surface area contributed by atoms with Crippen LogP contribution >= 0.6 is 0 Å². The molecule has 0 spiro atoms. The Kier molecular flexibility index (Phi) is 5.00. The zero-order valence-corrected chi connectivity index (χ0v) is 18.9. The van der Waals surface area contributed by atoms with Crippen LogP contribution in [0.3, 0.4) is 0 Å². The molecule has 1 aliphatic heterocycles. The highest BCUT2D eigenvalue weighted by atomic mass is 16.3. The average molecular weight is 444 g/mol. The van der Waals surface area contributed by atoms with E-state index in [4.69, 9.17) is 4.42 Å². The van der Waals surface area contributed by atoms with Crippen LogP contribution in [0.5, 0.6) is 0 Å². The number of aromatic nitrogens is 3. The van der Waals surface area contributed by atoms with Gasteiger partial charge in [-0.25, -0.2) is 9.67 Å². The van der Waals surface area contributed by atoms with E-state index in [2.05, 4.69) is 10.1 Å². The van der Waals surface area contributed by atoms with Crippen molar-refractivity contribution in [2.45, 2.75) is 26.3 Å². The first-order chi connectivity index (χ1) is 15.8. The Labute approximate surface area is 191 Å². The largest absolute Gasteiger partial charge is 0.451 e. The van der Waals surface area contributed by atoms with E-state index in [1.54, 1.807) is 20.8 Å². The Morgan fingerprint density at radius 2 is 1.70 bits per heavy atom. The van der Waals surface area contributed by atoms with Crippen molar-refractivity contribution in [2.75, 3.05) is 19.6 Å². The van der Waals surface area contributed by atoms with Crippen molar-refractivity contribution in [3.63, 3.8) is 0 Å². The number of fused-ring (bicyclic) bond motifs is 1. The molecule has 168 valence electrons. The van der Waals surface area contributed by atoms with Gasteiger partial charge in [-0.05, 0) is 39.0 Å². The summed E-state index contributed by atoms with van der Waals surface area (Å²) < 4.78 is 7.46. The summed E-state index contributed by atoms with van der Waals surface area (Å²) >= 11 is 0. The van der Waals surface area contributed by atoms with E-state index in [1.807, 2.05) is 75.4 Å². The lowest BCUT2D eigenvalue weighted by Crippen LogP contribution is -2.62. The first kappa shape index (κ1) is 20.9. The third-order valence-electron chi connectivity index (χ3n) is 6.18. The van der Waals surface area contributed by atoms with Gasteiger partial charge in [0.15, 0.2) is 5.76 Å². The maximum absolute atomic E-state index is 13.3. The second-order valence-corrected chi connectivity index (χ2v) is 8.90. The van der Waals surface area contributed by atoms with Gasteiger partial charge in [-0.1, -0.05) is 36.4 Å². The number of rotatable bonds is 3. The van der Waals surface area contributed by atoms with Gasteiger partial charge in [0.1, 0.15) is 11.9 Å². The summed E-state index contributed by atoms with van der Waals surface area (Å²) in [6.07, 6.45) is 1.54. The maximum Gasteiger partial charge on any atom is 0.294 e. The molecule has 33 heavy (non-hydrogen) atoms. The summed E-state index contributed by atoms with van der Waals surface area (Å²) in [7, 11) is 0. The molecule has 3 heterocycles. The van der Waals surface area contributed by atoms with Crippen LogP contribution < -0.4 is 0 Å². The van der Waals surface area contributed by atoms with E-state index < -0.39 is 5.54 Å². The molecule has 2 aromatic carbocycles. The number of hydrogen-bond acceptors (Lipinski definition) is 5. The van der Waals surface area contributed by atoms with Crippen LogP contribution in [0.2, 0.25) is 0 Å². The van der Waals surface area contributed by atoms with E-state index in [-0.39, 0.29) is 17.6 Å². The molecule has 8 nitrogen and oxygen atoms in total. The molecule has 0 atom stereocenters. The molecule has 0 saturated carbocycles. The predicted molar refractivity (Wildman–Crippen MR) is 123 cm³/mol. The van der Waals surface area contributed by atoms with E-state index in [9.17, 15) is 9.59 Å². The quantitative estimate of drug-likeness (QED) is 0.482. The van der Waals surface area contributed by atoms with Gasteiger partial charge in [-0.2, -0.15) is 0 Å². The molecule has 0 radical (unpaired) electrons. The fourth-order valence-corrected chi connectivity index (χ4v) is 4.41. The summed E-state index contributed by atoms with van der Waals surface area (Å²) in [5, 5.41) is 5.32.